The Morgan fingerprint density at radius 1 is 1.86 bits per heavy atom. The predicted molar refractivity (Wildman–Crippen MR) is 27.6 cm³/mol. The third-order valence-corrected chi connectivity index (χ3v) is 0.250. The van der Waals surface area contributed by atoms with Crippen LogP contribution < -0.4 is 0 Å². The van der Waals surface area contributed by atoms with Gasteiger partial charge < -0.3 is 0 Å². The maximum Gasteiger partial charge on any atom is 0.243 e. The van der Waals surface area contributed by atoms with Gasteiger partial charge in [-0.2, -0.15) is 0 Å². The molecule has 0 radical (unpaired) electrons. The van der Waals surface area contributed by atoms with Crippen LogP contribution in [0.3, 0.4) is 0 Å². The maximum absolute atomic E-state index is 6.28. The topological polar surface area (TPSA) is 23.9 Å². The Hall–Kier alpha value is -1.52. The van der Waals surface area contributed by atoms with Crippen molar-refractivity contribution in [1.29, 1.82) is 5.41 Å². The summed E-state index contributed by atoms with van der Waals surface area (Å²) < 4.78 is 6.28. The van der Waals surface area contributed by atoms with Crippen LogP contribution in [0.2, 0.25) is 0 Å². The minimum atomic E-state index is 1.82. The van der Waals surface area contributed by atoms with Crippen LogP contribution in [0.1, 0.15) is 1.37 Å². The first kappa shape index (κ1) is 3.66. The summed E-state index contributed by atoms with van der Waals surface area (Å²) in [6.07, 6.45) is 3.98. The Kier molecular flexibility index (Phi) is 2.34. The lowest BCUT2D eigenvalue weighted by atomic mass is 10.6. The van der Waals surface area contributed by atoms with Crippen LogP contribution in [-0.4, -0.2) is 5.87 Å². The summed E-state index contributed by atoms with van der Waals surface area (Å²) >= 11 is 0. The van der Waals surface area contributed by atoms with Crippen molar-refractivity contribution >= 4 is 5.87 Å². The van der Waals surface area contributed by atoms with Crippen LogP contribution in [-0.2, 0) is 0 Å². The molecule has 1 nitrogen and oxygen atoms in total. The SMILES string of the molecule is [2H]C#CC#C[C+]=C=N. The number of rotatable bonds is 0. The van der Waals surface area contributed by atoms with Gasteiger partial charge in [-0.1, -0.05) is 6.40 Å². The lowest BCUT2D eigenvalue weighted by Crippen LogP contribution is -1.48. The molecule has 0 aromatic carbocycles. The zero-order chi connectivity index (χ0) is 6.24. The molecular formula is C6H2N+. The van der Waals surface area contributed by atoms with E-state index in [1.807, 2.05) is 12.3 Å². The second kappa shape index (κ2) is 4.48. The first-order chi connectivity index (χ1) is 3.91. The number of nitrogens with one attached hydrogen (secondary N) is 1. The van der Waals surface area contributed by atoms with Gasteiger partial charge in [-0.3, -0.25) is 0 Å². The van der Waals surface area contributed by atoms with E-state index in [0.717, 1.165) is 0 Å². The van der Waals surface area contributed by atoms with Gasteiger partial charge in [0.05, 0.1) is 0 Å². The van der Waals surface area contributed by atoms with Gasteiger partial charge in [0.1, 0.15) is 7.29 Å². The summed E-state index contributed by atoms with van der Waals surface area (Å²) in [4.78, 5) is 0. The monoisotopic (exact) mass is 89.0 g/mol. The average Bonchev–Trinajstić information content (AvgIpc) is 1.81. The second-order valence-electron chi connectivity index (χ2n) is 0.625. The first-order valence-corrected chi connectivity index (χ1v) is 1.50. The molecule has 0 aliphatic carbocycles. The fourth-order valence-electron chi connectivity index (χ4n) is 0.0938. The van der Waals surface area contributed by atoms with E-state index in [-0.39, 0.29) is 0 Å². The molecule has 0 unspecified atom stereocenters. The highest BCUT2D eigenvalue weighted by Crippen LogP contribution is 1.48. The fraction of sp³-hybridized carbons (Fsp3) is 0. The molecule has 0 aliphatic heterocycles. The number of terminal acetylenes is 1. The molecule has 0 rings (SSSR count). The molecule has 0 atom stereocenters. The van der Waals surface area contributed by atoms with E-state index < -0.39 is 0 Å². The minimum Gasteiger partial charge on any atom is -0.230 e. The van der Waals surface area contributed by atoms with Crippen molar-refractivity contribution in [2.24, 2.45) is 0 Å². The largest absolute Gasteiger partial charge is 0.243 e. The Labute approximate surface area is 44.0 Å². The summed E-state index contributed by atoms with van der Waals surface area (Å²) in [5, 5.41) is 6.28. The molecule has 1 N–H and O–H groups in total. The second-order valence-corrected chi connectivity index (χ2v) is 0.625. The molecule has 0 aromatic heterocycles. The van der Waals surface area contributed by atoms with Crippen LogP contribution in [0.15, 0.2) is 0 Å². The van der Waals surface area contributed by atoms with Gasteiger partial charge in [0.15, 0.2) is 5.87 Å². The molecule has 30 valence electrons. The zero-order valence-electron chi connectivity index (χ0n) is 4.50. The summed E-state index contributed by atoms with van der Waals surface area (Å²) in [5.41, 5.74) is 0. The van der Waals surface area contributed by atoms with E-state index >= 15 is 0 Å². The maximum atomic E-state index is 6.28. The molecule has 0 heterocycles. The molecule has 1 heteroatoms. The normalized spacial score (nSPS) is 4.29. The number of hydrogen-bond donors (Lipinski definition) is 1. The van der Waals surface area contributed by atoms with Gasteiger partial charge in [-0.05, 0) is 0 Å². The molecule has 0 fully saturated rings. The standard InChI is InChI=1S/C6H2N/c1-2-3-4-5-6-7/h1,7H/q+1/i1D. The number of hydrogen-bond acceptors (Lipinski definition) is 1. The van der Waals surface area contributed by atoms with Gasteiger partial charge in [-0.25, -0.2) is 5.41 Å². The van der Waals surface area contributed by atoms with Crippen LogP contribution >= 0.6 is 0 Å². The van der Waals surface area contributed by atoms with E-state index in [9.17, 15) is 0 Å². The van der Waals surface area contributed by atoms with Crippen LogP contribution in [0.4, 0.5) is 0 Å². The summed E-state index contributed by atoms with van der Waals surface area (Å²) in [6.45, 7) is 0. The van der Waals surface area contributed by atoms with Crippen LogP contribution in [0, 0.1) is 35.6 Å². The average molecular weight is 89.1 g/mol. The van der Waals surface area contributed by atoms with E-state index in [1.54, 1.807) is 0 Å². The first-order valence-electron chi connectivity index (χ1n) is 2.00. The van der Waals surface area contributed by atoms with Gasteiger partial charge in [0.25, 0.3) is 0 Å². The Bertz CT molecular complexity index is 214. The zero-order valence-corrected chi connectivity index (χ0v) is 3.50. The molecule has 0 amide bonds. The molecule has 7 heavy (non-hydrogen) atoms. The van der Waals surface area contributed by atoms with Crippen molar-refractivity contribution in [3.63, 3.8) is 0 Å². The Balaban J connectivity index is 3.80. The molecule has 0 aliphatic rings. The number of allylic oxidation sites excluding steroid dienone is 1. The minimum absolute atomic E-state index is 1.82. The van der Waals surface area contributed by atoms with Crippen LogP contribution in [0.5, 0.6) is 0 Å². The van der Waals surface area contributed by atoms with Crippen molar-refractivity contribution in [3.8, 4) is 24.2 Å². The molecule has 0 saturated heterocycles. The quantitative estimate of drug-likeness (QED) is 0.249. The van der Waals surface area contributed by atoms with Gasteiger partial charge in [0, 0.05) is 0 Å². The molecule has 0 aromatic rings. The summed E-state index contributed by atoms with van der Waals surface area (Å²) in [6, 6.07) is 0. The highest BCUT2D eigenvalue weighted by Gasteiger charge is 1.68. The predicted octanol–water partition coefficient (Wildman–Crippen LogP) is 0.231. The van der Waals surface area contributed by atoms with E-state index in [0.29, 0.717) is 0 Å². The summed E-state index contributed by atoms with van der Waals surface area (Å²) in [7, 11) is 0. The highest BCUT2D eigenvalue weighted by molar-refractivity contribution is 5.49. The van der Waals surface area contributed by atoms with Crippen molar-refractivity contribution in [2.45, 2.75) is 0 Å². The van der Waals surface area contributed by atoms with E-state index in [2.05, 4.69) is 23.8 Å². The van der Waals surface area contributed by atoms with Gasteiger partial charge in [0.2, 0.25) is 17.9 Å². The van der Waals surface area contributed by atoms with Crippen molar-refractivity contribution in [1.82, 2.24) is 0 Å². The molecule has 0 saturated carbocycles. The van der Waals surface area contributed by atoms with Crippen LogP contribution in [0.25, 0.3) is 0 Å². The smallest absolute Gasteiger partial charge is 0.230 e. The Morgan fingerprint density at radius 3 is 3.29 bits per heavy atom. The third-order valence-electron chi connectivity index (χ3n) is 0.250. The van der Waals surface area contributed by atoms with Gasteiger partial charge >= 0.3 is 0 Å². The molecule has 0 spiro atoms. The summed E-state index contributed by atoms with van der Waals surface area (Å²) in [5.74, 6) is 8.46. The Morgan fingerprint density at radius 2 is 2.71 bits per heavy atom. The van der Waals surface area contributed by atoms with Gasteiger partial charge in [-0.15, -0.1) is 0 Å². The molecule has 0 bridgehead atoms. The van der Waals surface area contributed by atoms with Crippen molar-refractivity contribution in [3.05, 3.63) is 6.08 Å². The third kappa shape index (κ3) is 4.48. The lowest BCUT2D eigenvalue weighted by Gasteiger charge is -1.28. The van der Waals surface area contributed by atoms with Crippen molar-refractivity contribution in [2.75, 3.05) is 0 Å². The molecular weight excluding hydrogens is 86.1 g/mol. The van der Waals surface area contributed by atoms with E-state index in [1.165, 1.54) is 0 Å². The fourth-order valence-corrected chi connectivity index (χ4v) is 0.0938. The lowest BCUT2D eigenvalue weighted by molar-refractivity contribution is 1.59. The van der Waals surface area contributed by atoms with E-state index in [4.69, 9.17) is 6.78 Å². The highest BCUT2D eigenvalue weighted by atomic mass is 14.3. The van der Waals surface area contributed by atoms with Crippen molar-refractivity contribution < 1.29 is 1.37 Å².